The van der Waals surface area contributed by atoms with Crippen LogP contribution in [0.4, 0.5) is 5.69 Å². The smallest absolute Gasteiger partial charge is 0.269 e. The van der Waals surface area contributed by atoms with Crippen molar-refractivity contribution >= 4 is 5.69 Å². The molecule has 0 amide bonds. The van der Waals surface area contributed by atoms with Crippen LogP contribution < -0.4 is 0 Å². The Kier molecular flexibility index (Phi) is 5.52. The van der Waals surface area contributed by atoms with Crippen LogP contribution >= 0.6 is 0 Å². The van der Waals surface area contributed by atoms with E-state index in [2.05, 4.69) is 5.28 Å². The average Bonchev–Trinajstić information content (AvgIpc) is 2.40. The fourth-order valence-electron chi connectivity index (χ4n) is 1.38. The molecule has 0 aliphatic carbocycles. The van der Waals surface area contributed by atoms with E-state index in [9.17, 15) is 15.3 Å². The molecule has 0 aliphatic heterocycles. The van der Waals surface area contributed by atoms with Gasteiger partial charge in [0.2, 0.25) is 5.28 Å². The Hall–Kier alpha value is -2.38. The lowest BCUT2D eigenvalue weighted by Gasteiger charge is -2.13. The summed E-state index contributed by atoms with van der Waals surface area (Å²) in [7, 11) is 0. The van der Waals surface area contributed by atoms with E-state index in [0.29, 0.717) is 23.6 Å². The molecule has 0 heterocycles. The van der Waals surface area contributed by atoms with Crippen molar-refractivity contribution in [3.05, 3.63) is 45.2 Å². The van der Waals surface area contributed by atoms with Crippen LogP contribution in [0.3, 0.4) is 0 Å². The van der Waals surface area contributed by atoms with Gasteiger partial charge in [0.1, 0.15) is 6.61 Å². The maximum atomic E-state index is 11.4. The van der Waals surface area contributed by atoms with Crippen LogP contribution in [0.5, 0.6) is 0 Å². The number of hydrogen-bond acceptors (Lipinski definition) is 5. The molecule has 0 atom stereocenters. The molecule has 0 unspecified atom stereocenters. The third-order valence-corrected chi connectivity index (χ3v) is 2.48. The zero-order chi connectivity index (χ0) is 14.3. The van der Waals surface area contributed by atoms with Crippen molar-refractivity contribution in [3.8, 4) is 0 Å². The molecule has 8 heteroatoms. The molecule has 0 N–H and O–H groups in total. The lowest BCUT2D eigenvalue weighted by atomic mass is 10.2. The highest BCUT2D eigenvalue weighted by molar-refractivity contribution is 5.32. The van der Waals surface area contributed by atoms with Gasteiger partial charge in [-0.15, -0.1) is 5.01 Å². The van der Waals surface area contributed by atoms with Gasteiger partial charge in [-0.05, 0) is 31.5 Å². The minimum absolute atomic E-state index is 0.00859. The summed E-state index contributed by atoms with van der Waals surface area (Å²) in [5, 5.41) is 26.7. The molecule has 0 saturated heterocycles. The molecule has 0 radical (unpaired) electrons. The molecular formula is C11H16N4O4. The molecule has 19 heavy (non-hydrogen) atoms. The molecule has 0 spiro atoms. The van der Waals surface area contributed by atoms with E-state index in [1.54, 1.807) is 12.1 Å². The molecular weight excluding hydrogens is 252 g/mol. The van der Waals surface area contributed by atoms with E-state index in [4.69, 9.17) is 4.84 Å². The standard InChI is InChI=1S/C11H16N4O4/c1-3-13(4-2)15(18)12-19-9-10-5-7-11(8-6-10)14(16)17/h5-8H,3-4,9H2,1-2H3/b15-12-. The SMILES string of the molecule is CCN(CC)/[N+]([O-])=N/OCc1ccc([N+](=O)[O-])cc1. The quantitative estimate of drug-likeness (QED) is 0.327. The monoisotopic (exact) mass is 268 g/mol. The minimum Gasteiger partial charge on any atom is -0.569 e. The van der Waals surface area contributed by atoms with Crippen molar-refractivity contribution in [2.45, 2.75) is 20.5 Å². The average molecular weight is 268 g/mol. The van der Waals surface area contributed by atoms with Gasteiger partial charge in [0.05, 0.1) is 23.0 Å². The Morgan fingerprint density at radius 3 is 2.26 bits per heavy atom. The molecule has 0 fully saturated rings. The Labute approximate surface area is 110 Å². The molecule has 0 aliphatic rings. The zero-order valence-corrected chi connectivity index (χ0v) is 10.9. The Morgan fingerprint density at radius 2 is 1.79 bits per heavy atom. The first kappa shape index (κ1) is 14.7. The molecule has 0 saturated carbocycles. The van der Waals surface area contributed by atoms with Crippen LogP contribution in [0.1, 0.15) is 19.4 Å². The van der Waals surface area contributed by atoms with Crippen LogP contribution in [0, 0.1) is 15.3 Å². The number of hydrogen-bond donors (Lipinski definition) is 0. The highest BCUT2D eigenvalue weighted by atomic mass is 16.7. The first-order valence-corrected chi connectivity index (χ1v) is 5.86. The normalized spacial score (nSPS) is 11.2. The second-order valence-electron chi connectivity index (χ2n) is 3.67. The van der Waals surface area contributed by atoms with Gasteiger partial charge in [0, 0.05) is 12.1 Å². The van der Waals surface area contributed by atoms with Crippen molar-refractivity contribution in [1.29, 1.82) is 0 Å². The molecule has 1 aromatic carbocycles. The topological polar surface area (TPSA) is 94.0 Å². The number of hydrazine groups is 1. The van der Waals surface area contributed by atoms with E-state index in [-0.39, 0.29) is 12.3 Å². The van der Waals surface area contributed by atoms with Crippen molar-refractivity contribution in [2.24, 2.45) is 5.28 Å². The largest absolute Gasteiger partial charge is 0.569 e. The van der Waals surface area contributed by atoms with E-state index >= 15 is 0 Å². The van der Waals surface area contributed by atoms with Gasteiger partial charge in [0.15, 0.2) is 0 Å². The van der Waals surface area contributed by atoms with Crippen LogP contribution in [-0.4, -0.2) is 28.0 Å². The van der Waals surface area contributed by atoms with Crippen molar-refractivity contribution in [2.75, 3.05) is 13.1 Å². The Bertz CT molecular complexity index is 443. The first-order chi connectivity index (χ1) is 9.08. The molecule has 0 bridgehead atoms. The Balaban J connectivity index is 2.53. The third-order valence-electron chi connectivity index (χ3n) is 2.48. The van der Waals surface area contributed by atoms with Gasteiger partial charge < -0.3 is 10.0 Å². The van der Waals surface area contributed by atoms with E-state index in [0.717, 1.165) is 0 Å². The minimum atomic E-state index is -0.477. The summed E-state index contributed by atoms with van der Waals surface area (Å²) in [6, 6.07) is 5.86. The number of nitro groups is 1. The summed E-state index contributed by atoms with van der Waals surface area (Å²) in [6.45, 7) is 4.81. The molecule has 104 valence electrons. The summed E-state index contributed by atoms with van der Waals surface area (Å²) in [5.41, 5.74) is 0.705. The zero-order valence-electron chi connectivity index (χ0n) is 10.9. The summed E-state index contributed by atoms with van der Waals surface area (Å²) in [6.07, 6.45) is 0. The fourth-order valence-corrected chi connectivity index (χ4v) is 1.38. The number of rotatable bonds is 7. The summed E-state index contributed by atoms with van der Waals surface area (Å²) < 4.78 is 0. The second-order valence-corrected chi connectivity index (χ2v) is 3.67. The third kappa shape index (κ3) is 4.41. The highest BCUT2D eigenvalue weighted by Crippen LogP contribution is 2.12. The number of nitro benzene ring substituents is 1. The molecule has 1 rings (SSSR count). The van der Waals surface area contributed by atoms with Gasteiger partial charge >= 0.3 is 0 Å². The predicted octanol–water partition coefficient (Wildman–Crippen LogP) is 2.25. The van der Waals surface area contributed by atoms with Crippen LogP contribution in [-0.2, 0) is 11.4 Å². The van der Waals surface area contributed by atoms with E-state index in [1.807, 2.05) is 13.8 Å². The summed E-state index contributed by atoms with van der Waals surface area (Å²) >= 11 is 0. The van der Waals surface area contributed by atoms with E-state index < -0.39 is 4.92 Å². The second kappa shape index (κ2) is 7.14. The number of benzene rings is 1. The van der Waals surface area contributed by atoms with Gasteiger partial charge in [-0.3, -0.25) is 10.1 Å². The lowest BCUT2D eigenvalue weighted by Crippen LogP contribution is -2.30. The maximum absolute atomic E-state index is 11.4. The lowest BCUT2D eigenvalue weighted by molar-refractivity contribution is -0.710. The van der Waals surface area contributed by atoms with E-state index in [1.165, 1.54) is 17.1 Å². The van der Waals surface area contributed by atoms with Gasteiger partial charge in [-0.1, -0.05) is 0 Å². The summed E-state index contributed by atoms with van der Waals surface area (Å²) in [4.78, 5) is 15.3. The van der Waals surface area contributed by atoms with Gasteiger partial charge in [-0.25, -0.2) is 0 Å². The number of nitrogens with zero attached hydrogens (tertiary/aromatic N) is 4. The van der Waals surface area contributed by atoms with Crippen LogP contribution in [0.2, 0.25) is 0 Å². The van der Waals surface area contributed by atoms with Gasteiger partial charge in [0.25, 0.3) is 5.69 Å². The van der Waals surface area contributed by atoms with Crippen LogP contribution in [0.25, 0.3) is 0 Å². The maximum Gasteiger partial charge on any atom is 0.269 e. The molecule has 1 aromatic rings. The highest BCUT2D eigenvalue weighted by Gasteiger charge is 2.07. The molecule has 0 aromatic heterocycles. The number of non-ortho nitro benzene ring substituents is 1. The van der Waals surface area contributed by atoms with Crippen molar-refractivity contribution in [3.63, 3.8) is 0 Å². The van der Waals surface area contributed by atoms with Crippen LogP contribution in [0.15, 0.2) is 29.5 Å². The first-order valence-electron chi connectivity index (χ1n) is 5.86. The predicted molar refractivity (Wildman–Crippen MR) is 66.9 cm³/mol. The Morgan fingerprint density at radius 1 is 1.21 bits per heavy atom. The van der Waals surface area contributed by atoms with Crippen molar-refractivity contribution in [1.82, 2.24) is 5.01 Å². The fraction of sp³-hybridized carbons (Fsp3) is 0.455. The van der Waals surface area contributed by atoms with Crippen molar-refractivity contribution < 1.29 is 14.7 Å². The van der Waals surface area contributed by atoms with Gasteiger partial charge in [-0.2, -0.15) is 0 Å². The molecule has 8 nitrogen and oxygen atoms in total. The summed E-state index contributed by atoms with van der Waals surface area (Å²) in [5.74, 6) is 0.